The van der Waals surface area contributed by atoms with Gasteiger partial charge in [0.25, 0.3) is 11.8 Å². The quantitative estimate of drug-likeness (QED) is 0.550. The van der Waals surface area contributed by atoms with Crippen LogP contribution >= 0.6 is 0 Å². The number of pyridine rings is 1. The molecule has 6 heteroatoms. The number of nitrogens with one attached hydrogen (secondary N) is 1. The molecule has 0 spiro atoms. The Hall–Kier alpha value is -1.79. The number of aliphatic hydroxyl groups excluding tert-OH is 1. The van der Waals surface area contributed by atoms with E-state index < -0.39 is 6.10 Å². The zero-order valence-corrected chi connectivity index (χ0v) is 10.1. The summed E-state index contributed by atoms with van der Waals surface area (Å²) in [7, 11) is 0. The van der Waals surface area contributed by atoms with Crippen molar-refractivity contribution in [3.8, 4) is 0 Å². The molecule has 0 saturated carbocycles. The lowest BCUT2D eigenvalue weighted by atomic mass is 10.2. The minimum Gasteiger partial charge on any atom is -0.392 e. The van der Waals surface area contributed by atoms with Crippen LogP contribution in [0.3, 0.4) is 0 Å². The summed E-state index contributed by atoms with van der Waals surface area (Å²) < 4.78 is 0. The van der Waals surface area contributed by atoms with E-state index in [-0.39, 0.29) is 24.1 Å². The van der Waals surface area contributed by atoms with Gasteiger partial charge in [0.1, 0.15) is 5.69 Å². The van der Waals surface area contributed by atoms with Crippen LogP contribution in [0.5, 0.6) is 0 Å². The number of rotatable bonds is 5. The first kappa shape index (κ1) is 12.7. The van der Waals surface area contributed by atoms with Crippen molar-refractivity contribution in [1.29, 1.82) is 0 Å². The van der Waals surface area contributed by atoms with Crippen molar-refractivity contribution < 1.29 is 14.7 Å². The van der Waals surface area contributed by atoms with Gasteiger partial charge >= 0.3 is 0 Å². The van der Waals surface area contributed by atoms with Crippen molar-refractivity contribution in [3.05, 3.63) is 29.6 Å². The molecular formula is C12H15N3O3. The van der Waals surface area contributed by atoms with E-state index in [9.17, 15) is 9.59 Å². The average Bonchev–Trinajstić information content (AvgIpc) is 2.59. The third kappa shape index (κ3) is 2.39. The molecule has 18 heavy (non-hydrogen) atoms. The fraction of sp³-hybridized carbons (Fsp3) is 0.417. The lowest BCUT2D eigenvalue weighted by Gasteiger charge is -2.14. The predicted molar refractivity (Wildman–Crippen MR) is 64.2 cm³/mol. The third-order valence-corrected chi connectivity index (χ3v) is 2.68. The molecule has 0 saturated heterocycles. The number of hydrogen-bond acceptors (Lipinski definition) is 5. The van der Waals surface area contributed by atoms with Gasteiger partial charge < -0.3 is 10.4 Å². The molecule has 6 nitrogen and oxygen atoms in total. The molecule has 0 fully saturated rings. The Kier molecular flexibility index (Phi) is 3.69. The molecule has 1 aromatic rings. The van der Waals surface area contributed by atoms with Crippen LogP contribution < -0.4 is 5.32 Å². The first-order valence-electron chi connectivity index (χ1n) is 5.81. The number of nitrogens with zero attached hydrogens (tertiary/aromatic N) is 2. The van der Waals surface area contributed by atoms with Gasteiger partial charge in [-0.3, -0.25) is 19.5 Å². The van der Waals surface area contributed by atoms with E-state index in [0.29, 0.717) is 18.7 Å². The summed E-state index contributed by atoms with van der Waals surface area (Å²) in [5.74, 6) is -0.656. The Balaban J connectivity index is 1.97. The maximum Gasteiger partial charge on any atom is 0.280 e. The van der Waals surface area contributed by atoms with Gasteiger partial charge in [-0.1, -0.05) is 0 Å². The van der Waals surface area contributed by atoms with Crippen LogP contribution in [0, 0.1) is 0 Å². The van der Waals surface area contributed by atoms with Crippen LogP contribution in [0.15, 0.2) is 18.3 Å². The fourth-order valence-corrected chi connectivity index (χ4v) is 1.82. The van der Waals surface area contributed by atoms with Gasteiger partial charge in [-0.2, -0.15) is 0 Å². The maximum absolute atomic E-state index is 11.9. The van der Waals surface area contributed by atoms with E-state index in [1.165, 1.54) is 11.1 Å². The number of hydrogen-bond donors (Lipinski definition) is 2. The van der Waals surface area contributed by atoms with Crippen LogP contribution in [0.4, 0.5) is 0 Å². The largest absolute Gasteiger partial charge is 0.392 e. The number of aromatic nitrogens is 1. The number of fused-ring (bicyclic) bond motifs is 1. The van der Waals surface area contributed by atoms with E-state index in [1.807, 2.05) is 0 Å². The summed E-state index contributed by atoms with van der Waals surface area (Å²) >= 11 is 0. The second-order valence-corrected chi connectivity index (χ2v) is 4.21. The van der Waals surface area contributed by atoms with E-state index in [4.69, 9.17) is 5.11 Å². The highest BCUT2D eigenvalue weighted by Gasteiger charge is 2.35. The molecule has 2 N–H and O–H groups in total. The zero-order valence-electron chi connectivity index (χ0n) is 10.1. The van der Waals surface area contributed by atoms with Crippen LogP contribution in [0.2, 0.25) is 0 Å². The monoisotopic (exact) mass is 249 g/mol. The van der Waals surface area contributed by atoms with Gasteiger partial charge in [-0.25, -0.2) is 0 Å². The normalized spacial score (nSPS) is 16.0. The Morgan fingerprint density at radius 2 is 2.22 bits per heavy atom. The molecule has 96 valence electrons. The molecular weight excluding hydrogens is 234 g/mol. The summed E-state index contributed by atoms with van der Waals surface area (Å²) in [6.45, 7) is 2.83. The molecule has 1 aromatic heterocycles. The Morgan fingerprint density at radius 3 is 2.89 bits per heavy atom. The molecule has 0 aliphatic carbocycles. The molecule has 1 atom stereocenters. The lowest BCUT2D eigenvalue weighted by molar-refractivity contribution is 0.0653. The van der Waals surface area contributed by atoms with Crippen molar-refractivity contribution in [2.75, 3.05) is 19.6 Å². The van der Waals surface area contributed by atoms with Gasteiger partial charge in [-0.05, 0) is 19.1 Å². The minimum absolute atomic E-state index is 0.220. The second-order valence-electron chi connectivity index (χ2n) is 4.21. The van der Waals surface area contributed by atoms with Crippen LogP contribution in [-0.4, -0.2) is 52.5 Å². The van der Waals surface area contributed by atoms with Gasteiger partial charge in [-0.15, -0.1) is 0 Å². The Labute approximate surface area is 105 Å². The molecule has 0 aromatic carbocycles. The van der Waals surface area contributed by atoms with Crippen LogP contribution in [0.1, 0.15) is 27.8 Å². The Morgan fingerprint density at radius 1 is 1.44 bits per heavy atom. The summed E-state index contributed by atoms with van der Waals surface area (Å²) in [4.78, 5) is 28.9. The first-order valence-corrected chi connectivity index (χ1v) is 5.81. The van der Waals surface area contributed by atoms with Gasteiger partial charge in [0, 0.05) is 25.8 Å². The van der Waals surface area contributed by atoms with Gasteiger partial charge in [0.2, 0.25) is 0 Å². The molecule has 2 heterocycles. The average molecular weight is 249 g/mol. The van der Waals surface area contributed by atoms with Gasteiger partial charge in [0.15, 0.2) is 0 Å². The highest BCUT2D eigenvalue weighted by molar-refractivity contribution is 6.20. The van der Waals surface area contributed by atoms with E-state index in [2.05, 4.69) is 10.3 Å². The number of amides is 2. The molecule has 1 aliphatic heterocycles. The van der Waals surface area contributed by atoms with Crippen molar-refractivity contribution in [1.82, 2.24) is 15.2 Å². The summed E-state index contributed by atoms with van der Waals surface area (Å²) in [5.41, 5.74) is 0.580. The summed E-state index contributed by atoms with van der Waals surface area (Å²) in [5, 5.41) is 12.0. The lowest BCUT2D eigenvalue weighted by Crippen LogP contribution is -2.38. The van der Waals surface area contributed by atoms with Crippen molar-refractivity contribution in [2.45, 2.75) is 13.0 Å². The Bertz CT molecular complexity index is 438. The summed E-state index contributed by atoms with van der Waals surface area (Å²) in [6.07, 6.45) is 1.05. The first-order chi connectivity index (χ1) is 8.61. The number of carbonyl (C=O) groups excluding carboxylic acids is 2. The highest BCUT2D eigenvalue weighted by atomic mass is 16.3. The second kappa shape index (κ2) is 5.24. The number of aliphatic hydroxyl groups is 1. The van der Waals surface area contributed by atoms with E-state index >= 15 is 0 Å². The zero-order chi connectivity index (χ0) is 13.1. The third-order valence-electron chi connectivity index (χ3n) is 2.68. The SMILES string of the molecule is CC(O)CNCCN1C(=O)c2cccnc2C1=O. The molecule has 1 aliphatic rings. The van der Waals surface area contributed by atoms with Crippen LogP contribution in [-0.2, 0) is 0 Å². The smallest absolute Gasteiger partial charge is 0.280 e. The molecule has 0 radical (unpaired) electrons. The van der Waals surface area contributed by atoms with Crippen molar-refractivity contribution in [2.24, 2.45) is 0 Å². The molecule has 2 amide bonds. The molecule has 0 bridgehead atoms. The number of carbonyl (C=O) groups is 2. The van der Waals surface area contributed by atoms with Crippen molar-refractivity contribution in [3.63, 3.8) is 0 Å². The van der Waals surface area contributed by atoms with Gasteiger partial charge in [0.05, 0.1) is 11.7 Å². The minimum atomic E-state index is -0.450. The standard InChI is InChI=1S/C12H15N3O3/c1-8(16)7-13-5-6-15-11(17)9-3-2-4-14-10(9)12(15)18/h2-4,8,13,16H,5-7H2,1H3. The van der Waals surface area contributed by atoms with Crippen LogP contribution in [0.25, 0.3) is 0 Å². The molecule has 2 rings (SSSR count). The molecule has 1 unspecified atom stereocenters. The predicted octanol–water partition coefficient (Wildman–Crippen LogP) is -0.352. The fourth-order valence-electron chi connectivity index (χ4n) is 1.82. The van der Waals surface area contributed by atoms with E-state index in [1.54, 1.807) is 19.1 Å². The summed E-state index contributed by atoms with van der Waals surface area (Å²) in [6, 6.07) is 3.24. The van der Waals surface area contributed by atoms with Crippen molar-refractivity contribution >= 4 is 11.8 Å². The van der Waals surface area contributed by atoms with E-state index in [0.717, 1.165) is 0 Å². The topological polar surface area (TPSA) is 82.5 Å². The number of imide groups is 1. The maximum atomic E-state index is 11.9. The highest BCUT2D eigenvalue weighted by Crippen LogP contribution is 2.19.